The van der Waals surface area contributed by atoms with Crippen LogP contribution in [0, 0.1) is 5.92 Å². The fourth-order valence-electron chi connectivity index (χ4n) is 4.21. The van der Waals surface area contributed by atoms with Crippen molar-refractivity contribution in [3.63, 3.8) is 0 Å². The van der Waals surface area contributed by atoms with Crippen LogP contribution in [0.25, 0.3) is 16.2 Å². The smallest absolute Gasteiger partial charge is 0.229 e. The minimum Gasteiger partial charge on any atom is -0.497 e. The van der Waals surface area contributed by atoms with Crippen molar-refractivity contribution in [2.45, 2.75) is 12.8 Å². The van der Waals surface area contributed by atoms with Crippen LogP contribution in [0.5, 0.6) is 17.2 Å². The van der Waals surface area contributed by atoms with Crippen molar-refractivity contribution in [3.05, 3.63) is 48.7 Å². The van der Waals surface area contributed by atoms with Crippen molar-refractivity contribution in [2.75, 3.05) is 44.6 Å². The fourth-order valence-corrected chi connectivity index (χ4v) is 5.13. The van der Waals surface area contributed by atoms with Crippen LogP contribution in [0.2, 0.25) is 0 Å². The van der Waals surface area contributed by atoms with Gasteiger partial charge < -0.3 is 24.4 Å². The van der Waals surface area contributed by atoms with E-state index in [9.17, 15) is 4.79 Å². The molecule has 35 heavy (non-hydrogen) atoms. The van der Waals surface area contributed by atoms with Crippen LogP contribution >= 0.6 is 11.3 Å². The highest BCUT2D eigenvalue weighted by Crippen LogP contribution is 2.31. The van der Waals surface area contributed by atoms with Gasteiger partial charge in [-0.25, -0.2) is 9.50 Å². The molecule has 0 unspecified atom stereocenters. The van der Waals surface area contributed by atoms with Gasteiger partial charge in [0, 0.05) is 42.5 Å². The van der Waals surface area contributed by atoms with Crippen LogP contribution in [0.1, 0.15) is 12.8 Å². The number of nitrogens with zero attached hydrogens (tertiary/aromatic N) is 4. The summed E-state index contributed by atoms with van der Waals surface area (Å²) in [6.07, 6.45) is 3.67. The number of hydrogen-bond donors (Lipinski definition) is 1. The Hall–Kier alpha value is -3.79. The van der Waals surface area contributed by atoms with Gasteiger partial charge in [-0.2, -0.15) is 0 Å². The van der Waals surface area contributed by atoms with E-state index < -0.39 is 0 Å². The lowest BCUT2D eigenvalue weighted by molar-refractivity contribution is -0.120. The normalized spacial score (nSPS) is 15.7. The van der Waals surface area contributed by atoms with Gasteiger partial charge in [-0.05, 0) is 37.1 Å². The van der Waals surface area contributed by atoms with Gasteiger partial charge in [-0.3, -0.25) is 4.79 Å². The average molecular weight is 494 g/mol. The standard InChI is InChI=1S/C25H27N5O4S/c1-32-19-8-6-16(7-9-19)22-15-30-24(27-22)35-25(28-30)29-10-4-5-17(14-29)23(31)26-18-11-20(33-2)13-21(12-18)34-3/h6-9,11-13,15,17H,4-5,10,14H2,1-3H3,(H,26,31)/t17-/m0/s1. The summed E-state index contributed by atoms with van der Waals surface area (Å²) in [5.74, 6) is 1.90. The van der Waals surface area contributed by atoms with E-state index in [4.69, 9.17) is 24.3 Å². The van der Waals surface area contributed by atoms with Gasteiger partial charge in [0.1, 0.15) is 17.2 Å². The lowest BCUT2D eigenvalue weighted by Crippen LogP contribution is -2.40. The van der Waals surface area contributed by atoms with Crippen LogP contribution in [-0.2, 0) is 4.79 Å². The van der Waals surface area contributed by atoms with E-state index in [2.05, 4.69) is 10.2 Å². The van der Waals surface area contributed by atoms with Crippen molar-refractivity contribution in [2.24, 2.45) is 5.92 Å². The quantitative estimate of drug-likeness (QED) is 0.410. The minimum absolute atomic E-state index is 0.0202. The highest BCUT2D eigenvalue weighted by molar-refractivity contribution is 7.20. The molecule has 1 N–H and O–H groups in total. The summed E-state index contributed by atoms with van der Waals surface area (Å²) in [6.45, 7) is 1.47. The Morgan fingerprint density at radius 3 is 2.40 bits per heavy atom. The number of piperidine rings is 1. The predicted molar refractivity (Wildman–Crippen MR) is 136 cm³/mol. The largest absolute Gasteiger partial charge is 0.497 e. The van der Waals surface area contributed by atoms with Crippen LogP contribution in [0.4, 0.5) is 10.8 Å². The van der Waals surface area contributed by atoms with Crippen molar-refractivity contribution in [3.8, 4) is 28.5 Å². The first kappa shape index (κ1) is 23.0. The maximum atomic E-state index is 13.1. The van der Waals surface area contributed by atoms with Crippen molar-refractivity contribution >= 4 is 33.0 Å². The predicted octanol–water partition coefficient (Wildman–Crippen LogP) is 4.34. The number of ether oxygens (including phenoxy) is 3. The summed E-state index contributed by atoms with van der Waals surface area (Å²) in [5, 5.41) is 8.64. The van der Waals surface area contributed by atoms with Gasteiger partial charge in [0.25, 0.3) is 0 Å². The molecule has 10 heteroatoms. The van der Waals surface area contributed by atoms with E-state index in [-0.39, 0.29) is 11.8 Å². The Balaban J connectivity index is 1.28. The molecule has 4 aromatic rings. The molecule has 1 aliphatic rings. The van der Waals surface area contributed by atoms with Gasteiger partial charge in [-0.1, -0.05) is 11.3 Å². The molecule has 0 bridgehead atoms. The molecule has 0 aliphatic carbocycles. The Morgan fingerprint density at radius 2 is 1.74 bits per heavy atom. The Labute approximate surface area is 207 Å². The third-order valence-corrected chi connectivity index (χ3v) is 7.08. The molecule has 5 rings (SSSR count). The number of rotatable bonds is 7. The van der Waals surface area contributed by atoms with Crippen molar-refractivity contribution in [1.29, 1.82) is 0 Å². The number of methoxy groups -OCH3 is 3. The van der Waals surface area contributed by atoms with E-state index in [1.165, 1.54) is 11.3 Å². The first-order valence-corrected chi connectivity index (χ1v) is 12.2. The number of amides is 1. The highest BCUT2D eigenvalue weighted by Gasteiger charge is 2.28. The number of imidazole rings is 1. The molecule has 2 aromatic heterocycles. The molecule has 182 valence electrons. The van der Waals surface area contributed by atoms with Crippen LogP contribution in [0.15, 0.2) is 48.7 Å². The molecular formula is C25H27N5O4S. The number of benzene rings is 2. The zero-order valence-corrected chi connectivity index (χ0v) is 20.7. The Kier molecular flexibility index (Phi) is 6.45. The fraction of sp³-hybridized carbons (Fsp3) is 0.320. The van der Waals surface area contributed by atoms with Crippen LogP contribution in [-0.4, -0.2) is 54.9 Å². The van der Waals surface area contributed by atoms with Gasteiger partial charge in [-0.15, -0.1) is 5.10 Å². The molecule has 1 aliphatic heterocycles. The van der Waals surface area contributed by atoms with Crippen LogP contribution < -0.4 is 24.4 Å². The average Bonchev–Trinajstić information content (AvgIpc) is 3.48. The van der Waals surface area contributed by atoms with Gasteiger partial charge in [0.05, 0.1) is 39.1 Å². The lowest BCUT2D eigenvalue weighted by Gasteiger charge is -2.31. The van der Waals surface area contributed by atoms with E-state index in [1.807, 2.05) is 35.0 Å². The zero-order valence-electron chi connectivity index (χ0n) is 19.9. The summed E-state index contributed by atoms with van der Waals surface area (Å²) >= 11 is 1.53. The summed E-state index contributed by atoms with van der Waals surface area (Å²) in [6, 6.07) is 13.2. The second-order valence-corrected chi connectivity index (χ2v) is 9.28. The Bertz CT molecular complexity index is 1280. The molecule has 0 radical (unpaired) electrons. The minimum atomic E-state index is -0.146. The monoisotopic (exact) mass is 493 g/mol. The number of hydrogen-bond acceptors (Lipinski definition) is 8. The molecular weight excluding hydrogens is 466 g/mol. The van der Waals surface area contributed by atoms with E-state index in [0.717, 1.165) is 46.5 Å². The van der Waals surface area contributed by atoms with E-state index in [1.54, 1.807) is 39.5 Å². The zero-order chi connectivity index (χ0) is 24.4. The molecule has 3 heterocycles. The second kappa shape index (κ2) is 9.83. The van der Waals surface area contributed by atoms with E-state index in [0.29, 0.717) is 23.7 Å². The maximum absolute atomic E-state index is 13.1. The molecule has 1 amide bonds. The molecule has 9 nitrogen and oxygen atoms in total. The molecule has 0 spiro atoms. The summed E-state index contributed by atoms with van der Waals surface area (Å²) in [4.78, 5) is 20.8. The van der Waals surface area contributed by atoms with Crippen LogP contribution in [0.3, 0.4) is 0 Å². The Morgan fingerprint density at radius 1 is 1.03 bits per heavy atom. The maximum Gasteiger partial charge on any atom is 0.229 e. The molecule has 2 aromatic carbocycles. The highest BCUT2D eigenvalue weighted by atomic mass is 32.1. The molecule has 0 saturated carbocycles. The second-order valence-electron chi connectivity index (χ2n) is 8.34. The number of aromatic nitrogens is 3. The number of anilines is 2. The molecule has 1 fully saturated rings. The SMILES string of the molecule is COc1ccc(-c2cn3nc(N4CCC[C@H](C(=O)Nc5cc(OC)cc(OC)c5)C4)sc3n2)cc1. The number of nitrogens with one attached hydrogen (secondary N) is 1. The first-order chi connectivity index (χ1) is 17.1. The summed E-state index contributed by atoms with van der Waals surface area (Å²) < 4.78 is 17.7. The van der Waals surface area contributed by atoms with Crippen molar-refractivity contribution < 1.29 is 19.0 Å². The molecule has 1 atom stereocenters. The molecule has 1 saturated heterocycles. The van der Waals surface area contributed by atoms with Gasteiger partial charge in [0.15, 0.2) is 0 Å². The third kappa shape index (κ3) is 4.88. The summed E-state index contributed by atoms with van der Waals surface area (Å²) in [7, 11) is 4.83. The lowest BCUT2D eigenvalue weighted by atomic mass is 9.97. The topological polar surface area (TPSA) is 90.2 Å². The summed E-state index contributed by atoms with van der Waals surface area (Å²) in [5.41, 5.74) is 2.53. The number of carbonyl (C=O) groups is 1. The van der Waals surface area contributed by atoms with E-state index >= 15 is 0 Å². The van der Waals surface area contributed by atoms with Gasteiger partial charge >= 0.3 is 0 Å². The van der Waals surface area contributed by atoms with Gasteiger partial charge in [0.2, 0.25) is 16.0 Å². The number of fused-ring (bicyclic) bond motifs is 1. The van der Waals surface area contributed by atoms with Crippen molar-refractivity contribution in [1.82, 2.24) is 14.6 Å². The first-order valence-electron chi connectivity index (χ1n) is 11.4. The third-order valence-electron chi connectivity index (χ3n) is 6.10. The number of carbonyl (C=O) groups excluding carboxylic acids is 1.